The Bertz CT molecular complexity index is 482. The molecule has 1 saturated heterocycles. The molecule has 3 nitrogen and oxygen atoms in total. The standard InChI is InChI=1S/C16H22O3/c1-5-11(2)6-7-16(18)12(3)8-13(17)9-15(16,4)14-10-19-14/h5-8,14,18H,9-10H2,1-4H3/b7-6+,11-5-/t14-,15?,16+/m0/s1. The van der Waals surface area contributed by atoms with Crippen LogP contribution < -0.4 is 0 Å². The van der Waals surface area contributed by atoms with Gasteiger partial charge in [-0.25, -0.2) is 0 Å². The highest BCUT2D eigenvalue weighted by atomic mass is 16.6. The Morgan fingerprint density at radius 3 is 2.74 bits per heavy atom. The van der Waals surface area contributed by atoms with Crippen LogP contribution in [-0.2, 0) is 9.53 Å². The molecule has 1 unspecified atom stereocenters. The second kappa shape index (κ2) is 4.73. The summed E-state index contributed by atoms with van der Waals surface area (Å²) in [6.07, 6.45) is 7.54. The van der Waals surface area contributed by atoms with E-state index in [1.807, 2.05) is 45.9 Å². The van der Waals surface area contributed by atoms with Crippen molar-refractivity contribution in [1.82, 2.24) is 0 Å². The van der Waals surface area contributed by atoms with Crippen LogP contribution in [0.5, 0.6) is 0 Å². The van der Waals surface area contributed by atoms with Gasteiger partial charge in [-0.05, 0) is 38.5 Å². The van der Waals surface area contributed by atoms with Gasteiger partial charge < -0.3 is 9.84 Å². The molecule has 0 saturated carbocycles. The molecule has 0 spiro atoms. The van der Waals surface area contributed by atoms with Crippen LogP contribution in [0.15, 0.2) is 35.5 Å². The monoisotopic (exact) mass is 262 g/mol. The van der Waals surface area contributed by atoms with E-state index in [4.69, 9.17) is 4.74 Å². The van der Waals surface area contributed by atoms with Gasteiger partial charge in [0.2, 0.25) is 0 Å². The molecule has 0 aromatic carbocycles. The van der Waals surface area contributed by atoms with Crippen LogP contribution in [0.25, 0.3) is 0 Å². The van der Waals surface area contributed by atoms with Gasteiger partial charge in [-0.3, -0.25) is 4.79 Å². The topological polar surface area (TPSA) is 49.8 Å². The van der Waals surface area contributed by atoms with Crippen LogP contribution in [-0.4, -0.2) is 29.2 Å². The Labute approximate surface area is 114 Å². The second-order valence-electron chi connectivity index (χ2n) is 5.84. The smallest absolute Gasteiger partial charge is 0.156 e. The highest BCUT2D eigenvalue weighted by Gasteiger charge is 2.58. The number of hydrogen-bond donors (Lipinski definition) is 1. The minimum absolute atomic E-state index is 0.0411. The first-order valence-corrected chi connectivity index (χ1v) is 6.71. The summed E-state index contributed by atoms with van der Waals surface area (Å²) in [5.74, 6) is 0.0660. The van der Waals surface area contributed by atoms with E-state index in [2.05, 4.69) is 0 Å². The lowest BCUT2D eigenvalue weighted by Gasteiger charge is -2.45. The molecule has 0 aromatic heterocycles. The number of aliphatic hydroxyl groups is 1. The number of ether oxygens (including phenoxy) is 1. The van der Waals surface area contributed by atoms with Crippen LogP contribution in [0.4, 0.5) is 0 Å². The minimum atomic E-state index is -1.12. The summed E-state index contributed by atoms with van der Waals surface area (Å²) < 4.78 is 5.39. The number of carbonyl (C=O) groups excluding carboxylic acids is 1. The van der Waals surface area contributed by atoms with Gasteiger partial charge in [0, 0.05) is 11.8 Å². The zero-order valence-corrected chi connectivity index (χ0v) is 12.1. The van der Waals surface area contributed by atoms with Gasteiger partial charge in [0.05, 0.1) is 12.7 Å². The molecule has 3 heteroatoms. The Morgan fingerprint density at radius 1 is 1.58 bits per heavy atom. The fourth-order valence-electron chi connectivity index (χ4n) is 2.79. The molecule has 0 bridgehead atoms. The summed E-state index contributed by atoms with van der Waals surface area (Å²) in [5.41, 5.74) is 0.0823. The molecule has 0 amide bonds. The molecule has 0 aromatic rings. The molecule has 1 aliphatic carbocycles. The summed E-state index contributed by atoms with van der Waals surface area (Å²) in [6, 6.07) is 0. The first-order chi connectivity index (χ1) is 8.83. The van der Waals surface area contributed by atoms with E-state index in [-0.39, 0.29) is 11.9 Å². The number of ketones is 1. The van der Waals surface area contributed by atoms with E-state index < -0.39 is 11.0 Å². The Balaban J connectivity index is 2.44. The summed E-state index contributed by atoms with van der Waals surface area (Å²) in [4.78, 5) is 11.8. The van der Waals surface area contributed by atoms with Crippen LogP contribution in [0.2, 0.25) is 0 Å². The molecule has 104 valence electrons. The maximum absolute atomic E-state index is 11.8. The van der Waals surface area contributed by atoms with Gasteiger partial charge >= 0.3 is 0 Å². The van der Waals surface area contributed by atoms with Crippen molar-refractivity contribution >= 4 is 5.78 Å². The average molecular weight is 262 g/mol. The summed E-state index contributed by atoms with van der Waals surface area (Å²) in [7, 11) is 0. The maximum Gasteiger partial charge on any atom is 0.156 e. The van der Waals surface area contributed by atoms with Crippen molar-refractivity contribution in [3.05, 3.63) is 35.5 Å². The van der Waals surface area contributed by atoms with Gasteiger partial charge in [-0.2, -0.15) is 0 Å². The van der Waals surface area contributed by atoms with E-state index >= 15 is 0 Å². The molecule has 2 rings (SSSR count). The average Bonchev–Trinajstić information content (AvgIpc) is 3.17. The fourth-order valence-corrected chi connectivity index (χ4v) is 2.79. The van der Waals surface area contributed by atoms with Crippen molar-refractivity contribution in [2.45, 2.75) is 45.8 Å². The van der Waals surface area contributed by atoms with Crippen LogP contribution in [0, 0.1) is 5.41 Å². The Hall–Kier alpha value is -1.19. The Morgan fingerprint density at radius 2 is 2.21 bits per heavy atom. The van der Waals surface area contributed by atoms with Crippen molar-refractivity contribution < 1.29 is 14.6 Å². The largest absolute Gasteiger partial charge is 0.381 e. The van der Waals surface area contributed by atoms with Crippen LogP contribution in [0.3, 0.4) is 0 Å². The number of epoxide rings is 1. The predicted octanol–water partition coefficient (Wildman–Crippen LogP) is 2.56. The third-order valence-electron chi connectivity index (χ3n) is 4.48. The minimum Gasteiger partial charge on any atom is -0.381 e. The zero-order chi connectivity index (χ0) is 14.3. The molecular formula is C16H22O3. The normalized spacial score (nSPS) is 39.6. The van der Waals surface area contributed by atoms with Gasteiger partial charge in [0.1, 0.15) is 5.60 Å². The summed E-state index contributed by atoms with van der Waals surface area (Å²) >= 11 is 0. The molecule has 0 radical (unpaired) electrons. The lowest BCUT2D eigenvalue weighted by Crippen LogP contribution is -2.53. The fraction of sp³-hybridized carbons (Fsp3) is 0.562. The van der Waals surface area contributed by atoms with Crippen molar-refractivity contribution in [2.75, 3.05) is 6.61 Å². The zero-order valence-electron chi connectivity index (χ0n) is 12.1. The number of allylic oxidation sites excluding steroid dienone is 4. The van der Waals surface area contributed by atoms with Gasteiger partial charge in [-0.1, -0.05) is 24.6 Å². The van der Waals surface area contributed by atoms with E-state index in [1.54, 1.807) is 6.08 Å². The van der Waals surface area contributed by atoms with Crippen LogP contribution >= 0.6 is 0 Å². The maximum atomic E-state index is 11.8. The quantitative estimate of drug-likeness (QED) is 0.628. The predicted molar refractivity (Wildman–Crippen MR) is 74.7 cm³/mol. The third-order valence-corrected chi connectivity index (χ3v) is 4.48. The highest BCUT2D eigenvalue weighted by molar-refractivity contribution is 5.93. The first kappa shape index (κ1) is 14.2. The SMILES string of the molecule is C/C=C(C)\C=C\[C@@]1(O)C(C)=CC(=O)CC1(C)[C@@H]1CO1. The molecule has 19 heavy (non-hydrogen) atoms. The second-order valence-corrected chi connectivity index (χ2v) is 5.84. The molecule has 1 N–H and O–H groups in total. The third kappa shape index (κ3) is 2.33. The summed E-state index contributed by atoms with van der Waals surface area (Å²) in [5, 5.41) is 11.1. The van der Waals surface area contributed by atoms with Crippen molar-refractivity contribution in [1.29, 1.82) is 0 Å². The van der Waals surface area contributed by atoms with Crippen LogP contribution in [0.1, 0.15) is 34.1 Å². The molecule has 1 heterocycles. The van der Waals surface area contributed by atoms with E-state index in [1.165, 1.54) is 0 Å². The number of rotatable bonds is 3. The van der Waals surface area contributed by atoms with Crippen molar-refractivity contribution in [3.63, 3.8) is 0 Å². The molecule has 2 aliphatic rings. The molecule has 1 fully saturated rings. The lowest BCUT2D eigenvalue weighted by molar-refractivity contribution is -0.123. The van der Waals surface area contributed by atoms with Crippen molar-refractivity contribution in [3.8, 4) is 0 Å². The highest BCUT2D eigenvalue weighted by Crippen LogP contribution is 2.51. The van der Waals surface area contributed by atoms with Gasteiger partial charge in [0.15, 0.2) is 5.78 Å². The van der Waals surface area contributed by atoms with E-state index in [0.29, 0.717) is 18.6 Å². The lowest BCUT2D eigenvalue weighted by atomic mass is 9.61. The van der Waals surface area contributed by atoms with Gasteiger partial charge in [-0.15, -0.1) is 0 Å². The molecule has 3 atom stereocenters. The molecule has 1 aliphatic heterocycles. The van der Waals surface area contributed by atoms with E-state index in [0.717, 1.165) is 5.57 Å². The Kier molecular flexibility index (Phi) is 3.54. The number of carbonyl (C=O) groups is 1. The van der Waals surface area contributed by atoms with Gasteiger partial charge in [0.25, 0.3) is 0 Å². The van der Waals surface area contributed by atoms with E-state index in [9.17, 15) is 9.90 Å². The van der Waals surface area contributed by atoms with Crippen molar-refractivity contribution in [2.24, 2.45) is 5.41 Å². The summed E-state index contributed by atoms with van der Waals surface area (Å²) in [6.45, 7) is 8.31. The first-order valence-electron chi connectivity index (χ1n) is 6.71. The molecular weight excluding hydrogens is 240 g/mol. The number of hydrogen-bond acceptors (Lipinski definition) is 3.